The number of H-pyrrole nitrogens is 1. The summed E-state index contributed by atoms with van der Waals surface area (Å²) in [5.74, 6) is -0.334. The fraction of sp³-hybridized carbons (Fsp3) is 0.533. The first kappa shape index (κ1) is 16.5. The Balaban J connectivity index is 1.78. The number of aryl methyl sites for hydroxylation is 1. The normalized spacial score (nSPS) is 16.1. The average Bonchev–Trinajstić information content (AvgIpc) is 3.07. The highest BCUT2D eigenvalue weighted by atomic mass is 16.5. The van der Waals surface area contributed by atoms with Crippen LogP contribution >= 0.6 is 0 Å². The second-order valence-corrected chi connectivity index (χ2v) is 6.22. The smallest absolute Gasteiger partial charge is 0.292 e. The van der Waals surface area contributed by atoms with Crippen molar-refractivity contribution in [3.05, 3.63) is 39.6 Å². The van der Waals surface area contributed by atoms with Gasteiger partial charge in [0.15, 0.2) is 0 Å². The summed E-state index contributed by atoms with van der Waals surface area (Å²) in [5.41, 5.74) is 1.01. The monoisotopic (exact) mass is 335 g/mol. The largest absolute Gasteiger partial charge is 0.385 e. The number of likely N-dealkylation sites (N-methyl/N-ethyl adjacent to an activating group) is 1. The first-order valence-corrected chi connectivity index (χ1v) is 7.81. The van der Waals surface area contributed by atoms with E-state index in [1.165, 1.54) is 0 Å². The Bertz CT molecular complexity index is 775. The van der Waals surface area contributed by atoms with Gasteiger partial charge in [0, 0.05) is 19.6 Å². The lowest BCUT2D eigenvalue weighted by atomic mass is 10.2. The van der Waals surface area contributed by atoms with Gasteiger partial charge < -0.3 is 19.4 Å². The van der Waals surface area contributed by atoms with Gasteiger partial charge in [-0.2, -0.15) is 10.3 Å². The summed E-state index contributed by atoms with van der Waals surface area (Å²) in [6, 6.07) is 2.98. The van der Waals surface area contributed by atoms with Gasteiger partial charge in [0.05, 0.1) is 24.0 Å². The van der Waals surface area contributed by atoms with Crippen molar-refractivity contribution in [1.82, 2.24) is 24.7 Å². The SMILES string of the molecule is CN(C)C[C@@H](O)c1cc2n(n1)CCCN(C(=O)c1cc(=O)[nH]o1)C2. The number of hydrogen-bond acceptors (Lipinski definition) is 6. The molecule has 0 aromatic carbocycles. The van der Waals surface area contributed by atoms with Crippen LogP contribution in [-0.4, -0.2) is 62.9 Å². The predicted octanol–water partition coefficient (Wildman–Crippen LogP) is -0.195. The van der Waals surface area contributed by atoms with E-state index < -0.39 is 11.7 Å². The number of nitrogens with one attached hydrogen (secondary N) is 1. The van der Waals surface area contributed by atoms with Crippen molar-refractivity contribution in [3.8, 4) is 0 Å². The Hall–Kier alpha value is -2.39. The molecular formula is C15H21N5O4. The standard InChI is InChI=1S/C15H21N5O4/c1-18(2)9-12(21)11-6-10-8-19(4-3-5-20(10)16-11)15(23)13-7-14(22)17-24-13/h6-7,12,21H,3-5,8-9H2,1-2H3,(H,17,22)/t12-/m1/s1. The summed E-state index contributed by atoms with van der Waals surface area (Å²) < 4.78 is 6.73. The summed E-state index contributed by atoms with van der Waals surface area (Å²) in [6.07, 6.45) is 0.0597. The molecule has 0 spiro atoms. The third-order valence-corrected chi connectivity index (χ3v) is 3.93. The van der Waals surface area contributed by atoms with Gasteiger partial charge in [0.25, 0.3) is 11.5 Å². The van der Waals surface area contributed by atoms with E-state index in [-0.39, 0.29) is 11.7 Å². The van der Waals surface area contributed by atoms with Crippen LogP contribution in [0, 0.1) is 0 Å². The lowest BCUT2D eigenvalue weighted by Crippen LogP contribution is -2.30. The first-order chi connectivity index (χ1) is 11.4. The molecule has 3 rings (SSSR count). The van der Waals surface area contributed by atoms with Gasteiger partial charge in [0.1, 0.15) is 6.10 Å². The van der Waals surface area contributed by atoms with Gasteiger partial charge in [-0.15, -0.1) is 0 Å². The molecule has 1 atom stereocenters. The highest BCUT2D eigenvalue weighted by molar-refractivity contribution is 5.91. The zero-order valence-electron chi connectivity index (χ0n) is 13.7. The van der Waals surface area contributed by atoms with Gasteiger partial charge >= 0.3 is 0 Å². The molecule has 9 heteroatoms. The molecule has 2 aromatic rings. The Morgan fingerprint density at radius 2 is 2.25 bits per heavy atom. The van der Waals surface area contributed by atoms with Crippen LogP contribution in [0.15, 0.2) is 21.5 Å². The molecule has 3 heterocycles. The van der Waals surface area contributed by atoms with Crippen molar-refractivity contribution in [2.75, 3.05) is 27.2 Å². The molecule has 0 bridgehead atoms. The maximum atomic E-state index is 12.4. The van der Waals surface area contributed by atoms with E-state index >= 15 is 0 Å². The number of fused-ring (bicyclic) bond motifs is 1. The number of hydrogen-bond donors (Lipinski definition) is 2. The number of carbonyl (C=O) groups excluding carboxylic acids is 1. The second kappa shape index (κ2) is 6.62. The van der Waals surface area contributed by atoms with Gasteiger partial charge in [-0.3, -0.25) is 14.3 Å². The summed E-state index contributed by atoms with van der Waals surface area (Å²) in [5, 5.41) is 16.8. The van der Waals surface area contributed by atoms with Gasteiger partial charge in [-0.05, 0) is 26.6 Å². The number of carbonyl (C=O) groups is 1. The molecule has 0 saturated heterocycles. The van der Waals surface area contributed by atoms with Gasteiger partial charge in [-0.25, -0.2) is 0 Å². The minimum atomic E-state index is -0.675. The van der Waals surface area contributed by atoms with Crippen LogP contribution in [0.3, 0.4) is 0 Å². The lowest BCUT2D eigenvalue weighted by Gasteiger charge is -2.18. The number of aliphatic hydroxyl groups excluding tert-OH is 1. The zero-order chi connectivity index (χ0) is 17.3. The number of rotatable bonds is 4. The number of aromatic nitrogens is 3. The molecule has 2 aromatic heterocycles. The Morgan fingerprint density at radius 1 is 1.46 bits per heavy atom. The van der Waals surface area contributed by atoms with Crippen molar-refractivity contribution >= 4 is 5.91 Å². The van der Waals surface area contributed by atoms with E-state index in [0.717, 1.165) is 18.2 Å². The molecule has 9 nitrogen and oxygen atoms in total. The summed E-state index contributed by atoms with van der Waals surface area (Å²) >= 11 is 0. The van der Waals surface area contributed by atoms with E-state index in [1.807, 2.05) is 29.7 Å². The Morgan fingerprint density at radius 3 is 2.92 bits per heavy atom. The fourth-order valence-corrected chi connectivity index (χ4v) is 2.80. The minimum Gasteiger partial charge on any atom is -0.385 e. The Labute approximate surface area is 138 Å². The molecule has 2 N–H and O–H groups in total. The fourth-order valence-electron chi connectivity index (χ4n) is 2.80. The van der Waals surface area contributed by atoms with Crippen molar-refractivity contribution in [2.45, 2.75) is 25.6 Å². The topological polar surface area (TPSA) is 108 Å². The summed E-state index contributed by atoms with van der Waals surface area (Å²) in [7, 11) is 3.77. The highest BCUT2D eigenvalue weighted by Gasteiger charge is 2.25. The van der Waals surface area contributed by atoms with Crippen LogP contribution in [0.5, 0.6) is 0 Å². The third kappa shape index (κ3) is 3.41. The minimum absolute atomic E-state index is 0.000770. The van der Waals surface area contributed by atoms with Crippen LogP contribution < -0.4 is 5.56 Å². The Kier molecular flexibility index (Phi) is 4.54. The van der Waals surface area contributed by atoms with E-state index in [2.05, 4.69) is 10.3 Å². The van der Waals surface area contributed by atoms with E-state index in [4.69, 9.17) is 4.52 Å². The summed E-state index contributed by atoms with van der Waals surface area (Å²) in [4.78, 5) is 27.1. The molecule has 1 aliphatic heterocycles. The van der Waals surface area contributed by atoms with Crippen molar-refractivity contribution < 1.29 is 14.4 Å². The van der Waals surface area contributed by atoms with Gasteiger partial charge in [-0.1, -0.05) is 0 Å². The summed E-state index contributed by atoms with van der Waals surface area (Å²) in [6.45, 7) is 2.06. The average molecular weight is 335 g/mol. The van der Waals surface area contributed by atoms with Crippen LogP contribution in [0.4, 0.5) is 0 Å². The zero-order valence-corrected chi connectivity index (χ0v) is 13.7. The molecule has 1 aliphatic rings. The molecule has 24 heavy (non-hydrogen) atoms. The molecule has 1 amide bonds. The van der Waals surface area contributed by atoms with E-state index in [1.54, 1.807) is 4.90 Å². The lowest BCUT2D eigenvalue weighted by molar-refractivity contribution is 0.0703. The quantitative estimate of drug-likeness (QED) is 0.801. The maximum Gasteiger partial charge on any atom is 0.292 e. The van der Waals surface area contributed by atoms with Crippen molar-refractivity contribution in [2.24, 2.45) is 0 Å². The maximum absolute atomic E-state index is 12.4. The molecular weight excluding hydrogens is 314 g/mol. The number of nitrogens with zero attached hydrogens (tertiary/aromatic N) is 4. The van der Waals surface area contributed by atoms with Crippen molar-refractivity contribution in [1.29, 1.82) is 0 Å². The molecule has 0 saturated carbocycles. The van der Waals surface area contributed by atoms with E-state index in [0.29, 0.717) is 31.9 Å². The molecule has 0 fully saturated rings. The molecule has 0 unspecified atom stereocenters. The number of aromatic amines is 1. The molecule has 130 valence electrons. The highest BCUT2D eigenvalue weighted by Crippen LogP contribution is 2.19. The van der Waals surface area contributed by atoms with Crippen LogP contribution in [0.25, 0.3) is 0 Å². The number of amides is 1. The van der Waals surface area contributed by atoms with Crippen molar-refractivity contribution in [3.63, 3.8) is 0 Å². The van der Waals surface area contributed by atoms with Gasteiger partial charge in [0.2, 0.25) is 5.76 Å². The molecule has 0 radical (unpaired) electrons. The van der Waals surface area contributed by atoms with Crippen LogP contribution in [0.1, 0.15) is 34.5 Å². The van der Waals surface area contributed by atoms with Crippen LogP contribution in [0.2, 0.25) is 0 Å². The first-order valence-electron chi connectivity index (χ1n) is 7.81. The van der Waals surface area contributed by atoms with Crippen LogP contribution in [-0.2, 0) is 13.1 Å². The number of aliphatic hydroxyl groups is 1. The molecule has 0 aliphatic carbocycles. The second-order valence-electron chi connectivity index (χ2n) is 6.22. The third-order valence-electron chi connectivity index (χ3n) is 3.93. The van der Waals surface area contributed by atoms with E-state index in [9.17, 15) is 14.7 Å². The predicted molar refractivity (Wildman–Crippen MR) is 84.4 cm³/mol.